The van der Waals surface area contributed by atoms with Crippen LogP contribution in [0.1, 0.15) is 62.6 Å². The van der Waals surface area contributed by atoms with Crippen molar-refractivity contribution < 1.29 is 0 Å². The molecular formula is C14H21N. The van der Waals surface area contributed by atoms with Crippen molar-refractivity contribution in [2.45, 2.75) is 57.8 Å². The van der Waals surface area contributed by atoms with Gasteiger partial charge in [-0.15, -0.1) is 0 Å². The van der Waals surface area contributed by atoms with Gasteiger partial charge < -0.3 is 0 Å². The minimum atomic E-state index is 0.745. The van der Waals surface area contributed by atoms with Gasteiger partial charge in [0.05, 0.1) is 0 Å². The first-order valence-electron chi connectivity index (χ1n) is 6.35. The fourth-order valence-electron chi connectivity index (χ4n) is 2.51. The van der Waals surface area contributed by atoms with E-state index < -0.39 is 0 Å². The van der Waals surface area contributed by atoms with E-state index in [1.54, 1.807) is 0 Å². The topological polar surface area (TPSA) is 12.9 Å². The van der Waals surface area contributed by atoms with Crippen molar-refractivity contribution in [3.8, 4) is 0 Å². The lowest BCUT2D eigenvalue weighted by atomic mass is 9.86. The number of aromatic nitrogens is 1. The Hall–Kier alpha value is -0.850. The number of hydrogen-bond acceptors (Lipinski definition) is 1. The van der Waals surface area contributed by atoms with Gasteiger partial charge in [0, 0.05) is 17.8 Å². The van der Waals surface area contributed by atoms with Gasteiger partial charge in [0.1, 0.15) is 0 Å². The summed E-state index contributed by atoms with van der Waals surface area (Å²) in [7, 11) is 0. The highest BCUT2D eigenvalue weighted by molar-refractivity contribution is 5.17. The number of rotatable bonds is 3. The van der Waals surface area contributed by atoms with Gasteiger partial charge in [-0.3, -0.25) is 4.98 Å². The smallest absolute Gasteiger partial charge is 0.0434 e. The largest absolute Gasteiger partial charge is 0.261 e. The molecule has 2 rings (SSSR count). The van der Waals surface area contributed by atoms with E-state index in [9.17, 15) is 0 Å². The molecule has 0 unspecified atom stereocenters. The maximum Gasteiger partial charge on any atom is 0.0434 e. The van der Waals surface area contributed by atoms with E-state index in [4.69, 9.17) is 0 Å². The van der Waals surface area contributed by atoms with Crippen molar-refractivity contribution in [3.05, 3.63) is 29.6 Å². The van der Waals surface area contributed by atoms with Crippen molar-refractivity contribution in [3.63, 3.8) is 0 Å². The van der Waals surface area contributed by atoms with Crippen LogP contribution in [0.2, 0.25) is 0 Å². The van der Waals surface area contributed by atoms with Crippen LogP contribution in [0.4, 0.5) is 0 Å². The second-order valence-electron chi connectivity index (χ2n) is 4.68. The van der Waals surface area contributed by atoms with Gasteiger partial charge >= 0.3 is 0 Å². The van der Waals surface area contributed by atoms with Gasteiger partial charge in [0.15, 0.2) is 0 Å². The van der Waals surface area contributed by atoms with Gasteiger partial charge in [-0.05, 0) is 30.9 Å². The van der Waals surface area contributed by atoms with Crippen LogP contribution in [0.3, 0.4) is 0 Å². The number of pyridine rings is 1. The quantitative estimate of drug-likeness (QED) is 0.721. The Labute approximate surface area is 92.9 Å². The summed E-state index contributed by atoms with van der Waals surface area (Å²) in [5, 5.41) is 0. The molecular weight excluding hydrogens is 182 g/mol. The molecule has 1 fully saturated rings. The summed E-state index contributed by atoms with van der Waals surface area (Å²) in [5.41, 5.74) is 2.71. The van der Waals surface area contributed by atoms with Crippen molar-refractivity contribution in [1.29, 1.82) is 0 Å². The fourth-order valence-corrected chi connectivity index (χ4v) is 2.51. The summed E-state index contributed by atoms with van der Waals surface area (Å²) < 4.78 is 0. The molecule has 0 aliphatic heterocycles. The Morgan fingerprint density at radius 2 is 2.00 bits per heavy atom. The molecule has 82 valence electrons. The predicted octanol–water partition coefficient (Wildman–Crippen LogP) is 4.08. The Balaban J connectivity index is 2.02. The number of hydrogen-bond donors (Lipinski definition) is 0. The van der Waals surface area contributed by atoms with Crippen LogP contribution in [0.25, 0.3) is 0 Å². The van der Waals surface area contributed by atoms with Crippen LogP contribution in [-0.2, 0) is 6.42 Å². The first kappa shape index (κ1) is 10.7. The minimum Gasteiger partial charge on any atom is -0.261 e. The lowest BCUT2D eigenvalue weighted by Gasteiger charge is -2.20. The van der Waals surface area contributed by atoms with Crippen molar-refractivity contribution in [2.75, 3.05) is 0 Å². The summed E-state index contributed by atoms with van der Waals surface area (Å²) in [5.74, 6) is 0.745. The highest BCUT2D eigenvalue weighted by Gasteiger charge is 2.16. The lowest BCUT2D eigenvalue weighted by Crippen LogP contribution is -2.06. The Morgan fingerprint density at radius 1 is 1.20 bits per heavy atom. The molecule has 0 N–H and O–H groups in total. The molecule has 0 saturated heterocycles. The third-order valence-corrected chi connectivity index (χ3v) is 3.41. The number of nitrogens with zero attached hydrogens (tertiary/aromatic N) is 1. The van der Waals surface area contributed by atoms with Gasteiger partial charge in [-0.1, -0.05) is 38.7 Å². The standard InChI is InChI=1S/C14H21N/c1-2-6-12-9-10-14(15-11-12)13-7-4-3-5-8-13/h9-11,13H,2-8H2,1H3. The molecule has 1 aliphatic carbocycles. The molecule has 0 bridgehead atoms. The zero-order valence-electron chi connectivity index (χ0n) is 9.71. The molecule has 0 atom stereocenters. The third kappa shape index (κ3) is 2.80. The molecule has 1 aromatic heterocycles. The van der Waals surface area contributed by atoms with Crippen LogP contribution < -0.4 is 0 Å². The van der Waals surface area contributed by atoms with E-state index in [0.29, 0.717) is 0 Å². The predicted molar refractivity (Wildman–Crippen MR) is 64.1 cm³/mol. The number of aryl methyl sites for hydroxylation is 1. The van der Waals surface area contributed by atoms with E-state index in [1.807, 2.05) is 0 Å². The second-order valence-corrected chi connectivity index (χ2v) is 4.68. The van der Waals surface area contributed by atoms with Crippen molar-refractivity contribution in [2.24, 2.45) is 0 Å². The summed E-state index contributed by atoms with van der Waals surface area (Å²) in [4.78, 5) is 4.62. The molecule has 1 saturated carbocycles. The highest BCUT2D eigenvalue weighted by atomic mass is 14.7. The van der Waals surface area contributed by atoms with E-state index in [2.05, 4.69) is 30.2 Å². The minimum absolute atomic E-state index is 0.745. The van der Waals surface area contributed by atoms with Gasteiger partial charge in [-0.2, -0.15) is 0 Å². The molecule has 1 aliphatic rings. The van der Waals surface area contributed by atoms with Crippen LogP contribution in [0.15, 0.2) is 18.3 Å². The van der Waals surface area contributed by atoms with Gasteiger partial charge in [0.2, 0.25) is 0 Å². The summed E-state index contributed by atoms with van der Waals surface area (Å²) in [6.07, 6.45) is 11.4. The first-order valence-corrected chi connectivity index (χ1v) is 6.35. The average molecular weight is 203 g/mol. The molecule has 0 spiro atoms. The molecule has 0 aromatic carbocycles. The van der Waals surface area contributed by atoms with Gasteiger partial charge in [0.25, 0.3) is 0 Å². The van der Waals surface area contributed by atoms with E-state index >= 15 is 0 Å². The maximum absolute atomic E-state index is 4.62. The molecule has 1 heteroatoms. The lowest BCUT2D eigenvalue weighted by molar-refractivity contribution is 0.436. The Bertz CT molecular complexity index is 283. The fraction of sp³-hybridized carbons (Fsp3) is 0.643. The first-order chi connectivity index (χ1) is 7.40. The van der Waals surface area contributed by atoms with Crippen LogP contribution in [-0.4, -0.2) is 4.98 Å². The van der Waals surface area contributed by atoms with Crippen molar-refractivity contribution >= 4 is 0 Å². The third-order valence-electron chi connectivity index (χ3n) is 3.41. The Morgan fingerprint density at radius 3 is 2.60 bits per heavy atom. The van der Waals surface area contributed by atoms with E-state index in [-0.39, 0.29) is 0 Å². The van der Waals surface area contributed by atoms with E-state index in [1.165, 1.54) is 49.8 Å². The molecule has 0 radical (unpaired) electrons. The van der Waals surface area contributed by atoms with Gasteiger partial charge in [-0.25, -0.2) is 0 Å². The molecule has 0 amide bonds. The Kier molecular flexibility index (Phi) is 3.76. The molecule has 1 heterocycles. The summed E-state index contributed by atoms with van der Waals surface area (Å²) in [6.45, 7) is 2.22. The van der Waals surface area contributed by atoms with Crippen LogP contribution in [0, 0.1) is 0 Å². The maximum atomic E-state index is 4.62. The molecule has 1 nitrogen and oxygen atoms in total. The zero-order chi connectivity index (χ0) is 10.5. The zero-order valence-corrected chi connectivity index (χ0v) is 9.71. The van der Waals surface area contributed by atoms with Crippen LogP contribution >= 0.6 is 0 Å². The van der Waals surface area contributed by atoms with Crippen LogP contribution in [0.5, 0.6) is 0 Å². The second kappa shape index (κ2) is 5.29. The average Bonchev–Trinajstić information content (AvgIpc) is 2.32. The normalized spacial score (nSPS) is 17.9. The summed E-state index contributed by atoms with van der Waals surface area (Å²) >= 11 is 0. The monoisotopic (exact) mass is 203 g/mol. The SMILES string of the molecule is CCCc1ccc(C2CCCCC2)nc1. The molecule has 15 heavy (non-hydrogen) atoms. The van der Waals surface area contributed by atoms with Crippen molar-refractivity contribution in [1.82, 2.24) is 4.98 Å². The highest BCUT2D eigenvalue weighted by Crippen LogP contribution is 2.31. The van der Waals surface area contributed by atoms with E-state index in [0.717, 1.165) is 12.3 Å². The molecule has 1 aromatic rings. The summed E-state index contributed by atoms with van der Waals surface area (Å²) in [6, 6.07) is 4.52.